The lowest BCUT2D eigenvalue weighted by Gasteiger charge is -2.36. The Bertz CT molecular complexity index is 615. The van der Waals surface area contributed by atoms with Gasteiger partial charge in [0.25, 0.3) is 0 Å². The second-order valence-electron chi connectivity index (χ2n) is 5.54. The van der Waals surface area contributed by atoms with E-state index in [-0.39, 0.29) is 22.9 Å². The van der Waals surface area contributed by atoms with Crippen molar-refractivity contribution in [1.29, 1.82) is 0 Å². The molecule has 0 amide bonds. The quantitative estimate of drug-likeness (QED) is 0.788. The van der Waals surface area contributed by atoms with Gasteiger partial charge in [-0.05, 0) is 38.8 Å². The number of aromatic nitrogens is 1. The summed E-state index contributed by atoms with van der Waals surface area (Å²) in [7, 11) is 0. The molecule has 1 aromatic rings. The smallest absolute Gasteiger partial charge is 0.196 e. The van der Waals surface area contributed by atoms with Crippen molar-refractivity contribution in [2.75, 3.05) is 0 Å². The van der Waals surface area contributed by atoms with Crippen molar-refractivity contribution in [2.45, 2.75) is 45.1 Å². The predicted octanol–water partition coefficient (Wildman–Crippen LogP) is 2.51. The summed E-state index contributed by atoms with van der Waals surface area (Å²) in [6.07, 6.45) is 3.46. The van der Waals surface area contributed by atoms with Gasteiger partial charge in [-0.3, -0.25) is 9.59 Å². The van der Waals surface area contributed by atoms with Crippen LogP contribution in [-0.4, -0.2) is 21.2 Å². The van der Waals surface area contributed by atoms with Gasteiger partial charge in [0.05, 0.1) is 5.69 Å². The summed E-state index contributed by atoms with van der Waals surface area (Å²) in [6, 6.07) is 3.68. The number of nitrogens with zero attached hydrogens (tertiary/aromatic N) is 1. The second-order valence-corrected chi connectivity index (χ2v) is 5.54. The van der Waals surface area contributed by atoms with Crippen molar-refractivity contribution in [3.8, 4) is 0 Å². The van der Waals surface area contributed by atoms with Gasteiger partial charge in [-0.15, -0.1) is 0 Å². The number of hydrogen-bond donors (Lipinski definition) is 1. The molecule has 1 aromatic heterocycles. The van der Waals surface area contributed by atoms with Crippen molar-refractivity contribution in [1.82, 2.24) is 4.57 Å². The van der Waals surface area contributed by atoms with E-state index in [1.807, 2.05) is 17.6 Å². The summed E-state index contributed by atoms with van der Waals surface area (Å²) < 4.78 is 1.93. The van der Waals surface area contributed by atoms with Crippen LogP contribution in [0.25, 0.3) is 5.76 Å². The molecular formula is C15H17NO3. The van der Waals surface area contributed by atoms with Crippen molar-refractivity contribution >= 4 is 17.3 Å². The van der Waals surface area contributed by atoms with Crippen molar-refractivity contribution in [3.05, 3.63) is 29.1 Å². The Kier molecular flexibility index (Phi) is 2.46. The molecule has 1 spiro atoms. The molecule has 0 aromatic carbocycles. The highest BCUT2D eigenvalue weighted by atomic mass is 16.3. The maximum Gasteiger partial charge on any atom is 0.196 e. The van der Waals surface area contributed by atoms with E-state index in [1.54, 1.807) is 6.07 Å². The lowest BCUT2D eigenvalue weighted by molar-refractivity contribution is -0.127. The minimum atomic E-state index is -0.643. The normalized spacial score (nSPS) is 21.1. The fraction of sp³-hybridized carbons (Fsp3) is 0.467. The predicted molar refractivity (Wildman–Crippen MR) is 70.8 cm³/mol. The minimum absolute atomic E-state index is 0.0208. The Morgan fingerprint density at radius 3 is 2.53 bits per heavy atom. The summed E-state index contributed by atoms with van der Waals surface area (Å²) in [6.45, 7) is 3.28. The average Bonchev–Trinajstić information content (AvgIpc) is 2.94. The Labute approximate surface area is 111 Å². The molecule has 0 unspecified atom stereocenters. The van der Waals surface area contributed by atoms with E-state index in [9.17, 15) is 14.7 Å². The molecule has 1 saturated carbocycles. The van der Waals surface area contributed by atoms with E-state index in [0.29, 0.717) is 5.69 Å². The molecule has 0 saturated heterocycles. The first-order chi connectivity index (χ1) is 8.99. The fourth-order valence-electron chi connectivity index (χ4n) is 3.60. The molecule has 1 N–H and O–H groups in total. The number of rotatable bonds is 1. The number of allylic oxidation sites excluding steroid dienone is 1. The molecule has 2 aliphatic rings. The molecule has 1 aliphatic heterocycles. The summed E-state index contributed by atoms with van der Waals surface area (Å²) >= 11 is 0. The Morgan fingerprint density at radius 2 is 1.95 bits per heavy atom. The number of carbonyl (C=O) groups is 2. The highest BCUT2D eigenvalue weighted by molar-refractivity contribution is 6.27. The van der Waals surface area contributed by atoms with Crippen molar-refractivity contribution in [2.24, 2.45) is 0 Å². The zero-order valence-electron chi connectivity index (χ0n) is 11.2. The minimum Gasteiger partial charge on any atom is -0.505 e. The zero-order valence-corrected chi connectivity index (χ0v) is 11.2. The molecule has 100 valence electrons. The van der Waals surface area contributed by atoms with E-state index in [2.05, 4.69) is 0 Å². The van der Waals surface area contributed by atoms with Crippen LogP contribution in [0.4, 0.5) is 0 Å². The number of Topliss-reactive ketones (excluding diaryl/α,β-unsaturated/α-hetero) is 2. The molecule has 0 bridgehead atoms. The van der Waals surface area contributed by atoms with Gasteiger partial charge in [0.2, 0.25) is 0 Å². The van der Waals surface area contributed by atoms with Gasteiger partial charge in [-0.2, -0.15) is 0 Å². The summed E-state index contributed by atoms with van der Waals surface area (Å²) in [4.78, 5) is 24.5. The van der Waals surface area contributed by atoms with Gasteiger partial charge in [0.1, 0.15) is 11.1 Å². The molecule has 0 radical (unpaired) electrons. The van der Waals surface area contributed by atoms with Crippen LogP contribution in [0.3, 0.4) is 0 Å². The molecule has 0 atom stereocenters. The maximum absolute atomic E-state index is 12.8. The molecule has 3 rings (SSSR count). The number of aliphatic hydroxyl groups excluding tert-OH is 1. The first kappa shape index (κ1) is 12.2. The summed E-state index contributed by atoms with van der Waals surface area (Å²) in [5, 5.41) is 10.2. The number of aliphatic hydroxyl groups is 1. The first-order valence-electron chi connectivity index (χ1n) is 6.67. The number of fused-ring (bicyclic) bond motifs is 2. The molecule has 1 fully saturated rings. The highest BCUT2D eigenvalue weighted by Crippen LogP contribution is 2.46. The van der Waals surface area contributed by atoms with E-state index < -0.39 is 5.54 Å². The molecular weight excluding hydrogens is 242 g/mol. The van der Waals surface area contributed by atoms with Crippen LogP contribution in [0.5, 0.6) is 0 Å². The van der Waals surface area contributed by atoms with Crippen LogP contribution in [0.1, 0.15) is 44.0 Å². The van der Waals surface area contributed by atoms with Crippen molar-refractivity contribution in [3.63, 3.8) is 0 Å². The van der Waals surface area contributed by atoms with Crippen LogP contribution >= 0.6 is 0 Å². The SMILES string of the molecule is CC(=O)C1=C(O)c2ccc(C)n2C2(CCCC2)C1=O. The standard InChI is InChI=1S/C15H17NO3/c1-9-5-6-11-13(18)12(10(2)17)14(19)15(16(9)11)7-3-4-8-15/h5-6,18H,3-4,7-8H2,1-2H3. The summed E-state index contributed by atoms with van der Waals surface area (Å²) in [5.41, 5.74) is 0.895. The zero-order chi connectivity index (χ0) is 13.8. The Morgan fingerprint density at radius 1 is 1.32 bits per heavy atom. The average molecular weight is 259 g/mol. The van der Waals surface area contributed by atoms with E-state index in [4.69, 9.17) is 0 Å². The Balaban J connectivity index is 2.34. The van der Waals surface area contributed by atoms with E-state index >= 15 is 0 Å². The molecule has 4 heteroatoms. The third-order valence-electron chi connectivity index (χ3n) is 4.42. The van der Waals surface area contributed by atoms with Crippen molar-refractivity contribution < 1.29 is 14.7 Å². The summed E-state index contributed by atoms with van der Waals surface area (Å²) in [5.74, 6) is -0.719. The van der Waals surface area contributed by atoms with Crippen LogP contribution in [0, 0.1) is 6.92 Å². The number of ketones is 2. The van der Waals surface area contributed by atoms with Gasteiger partial charge in [-0.1, -0.05) is 12.8 Å². The van der Waals surface area contributed by atoms with Crippen LogP contribution in [-0.2, 0) is 15.1 Å². The van der Waals surface area contributed by atoms with E-state index in [0.717, 1.165) is 31.4 Å². The molecule has 2 heterocycles. The number of aryl methyl sites for hydroxylation is 1. The largest absolute Gasteiger partial charge is 0.505 e. The van der Waals surface area contributed by atoms with E-state index in [1.165, 1.54) is 6.92 Å². The van der Waals surface area contributed by atoms with Gasteiger partial charge < -0.3 is 9.67 Å². The first-order valence-corrected chi connectivity index (χ1v) is 6.67. The lowest BCUT2D eigenvalue weighted by Crippen LogP contribution is -2.46. The number of hydrogen-bond acceptors (Lipinski definition) is 3. The maximum atomic E-state index is 12.8. The van der Waals surface area contributed by atoms with Crippen LogP contribution in [0.15, 0.2) is 17.7 Å². The molecule has 4 nitrogen and oxygen atoms in total. The van der Waals surface area contributed by atoms with Gasteiger partial charge in [-0.25, -0.2) is 0 Å². The second kappa shape index (κ2) is 3.83. The molecule has 1 aliphatic carbocycles. The highest BCUT2D eigenvalue weighted by Gasteiger charge is 2.50. The van der Waals surface area contributed by atoms with Gasteiger partial charge in [0.15, 0.2) is 17.3 Å². The van der Waals surface area contributed by atoms with Crippen LogP contribution in [0.2, 0.25) is 0 Å². The third kappa shape index (κ3) is 1.40. The third-order valence-corrected chi connectivity index (χ3v) is 4.42. The topological polar surface area (TPSA) is 59.3 Å². The lowest BCUT2D eigenvalue weighted by atomic mass is 9.81. The number of carbonyl (C=O) groups excluding carboxylic acids is 2. The monoisotopic (exact) mass is 259 g/mol. The van der Waals surface area contributed by atoms with Crippen LogP contribution < -0.4 is 0 Å². The Hall–Kier alpha value is -1.84. The van der Waals surface area contributed by atoms with Gasteiger partial charge in [0, 0.05) is 5.69 Å². The molecule has 19 heavy (non-hydrogen) atoms. The fourth-order valence-corrected chi connectivity index (χ4v) is 3.60. The van der Waals surface area contributed by atoms with Gasteiger partial charge >= 0.3 is 0 Å².